The maximum atomic E-state index is 9.82. The maximum absolute atomic E-state index is 9.82. The summed E-state index contributed by atoms with van der Waals surface area (Å²) in [5, 5.41) is 23.1. The Labute approximate surface area is 167 Å². The molecule has 0 aliphatic carbocycles. The topological polar surface area (TPSA) is 104 Å². The number of hydrogen-bond donors (Lipinski definition) is 2. The highest BCUT2D eigenvalue weighted by atomic mass is 79.9. The number of methoxy groups -OCH3 is 1. The number of hydrazone groups is 1. The summed E-state index contributed by atoms with van der Waals surface area (Å²) in [6.45, 7) is 2.18. The van der Waals surface area contributed by atoms with Gasteiger partial charge in [-0.2, -0.15) is 10.4 Å². The van der Waals surface area contributed by atoms with Crippen LogP contribution in [0.4, 0.5) is 5.88 Å². The second-order valence-electron chi connectivity index (χ2n) is 5.98. The average Bonchev–Trinajstić information content (AvgIpc) is 3.06. The third-order valence-electron chi connectivity index (χ3n) is 3.92. The maximum Gasteiger partial charge on any atom is 0.252 e. The van der Waals surface area contributed by atoms with Gasteiger partial charge in [0.25, 0.3) is 5.88 Å². The molecular formula is C19H23BrN4O3. The first-order valence-electron chi connectivity index (χ1n) is 8.84. The van der Waals surface area contributed by atoms with Crippen LogP contribution in [-0.2, 0) is 6.42 Å². The number of aryl methyl sites for hydroxylation is 1. The number of anilines is 1. The van der Waals surface area contributed by atoms with E-state index in [0.29, 0.717) is 28.1 Å². The van der Waals surface area contributed by atoms with Gasteiger partial charge in [-0.3, -0.25) is 0 Å². The number of ether oxygens (including phenoxy) is 1. The predicted molar refractivity (Wildman–Crippen MR) is 107 cm³/mol. The van der Waals surface area contributed by atoms with E-state index < -0.39 is 0 Å². The minimum atomic E-state index is 0.0215. The average molecular weight is 435 g/mol. The van der Waals surface area contributed by atoms with Crippen molar-refractivity contribution in [3.05, 3.63) is 33.8 Å². The van der Waals surface area contributed by atoms with Gasteiger partial charge < -0.3 is 14.3 Å². The number of nitrogens with one attached hydrogen (secondary N) is 1. The molecule has 27 heavy (non-hydrogen) atoms. The first kappa shape index (κ1) is 20.8. The number of aromatic hydroxyl groups is 1. The van der Waals surface area contributed by atoms with Gasteiger partial charge in [-0.15, -0.1) is 0 Å². The zero-order valence-corrected chi connectivity index (χ0v) is 17.0. The van der Waals surface area contributed by atoms with Crippen LogP contribution in [0.2, 0.25) is 0 Å². The fourth-order valence-electron chi connectivity index (χ4n) is 2.49. The largest absolute Gasteiger partial charge is 0.503 e. The third kappa shape index (κ3) is 6.00. The van der Waals surface area contributed by atoms with Gasteiger partial charge >= 0.3 is 0 Å². The standard InChI is InChI=1S/C19H23BrN4O3/c1-3-4-5-6-7-8-17-23-15(11-21)19(27-17)24-22-12-13-9-14(20)18(25)16(10-13)26-2/h9-10,12,24-25H,3-8H2,1-2H3/b22-12+. The smallest absolute Gasteiger partial charge is 0.252 e. The summed E-state index contributed by atoms with van der Waals surface area (Å²) in [7, 11) is 1.47. The molecule has 1 heterocycles. The lowest BCUT2D eigenvalue weighted by atomic mass is 10.1. The number of hydrogen-bond acceptors (Lipinski definition) is 7. The Kier molecular flexibility index (Phi) is 8.14. The van der Waals surface area contributed by atoms with E-state index in [1.807, 2.05) is 6.07 Å². The molecule has 0 unspecified atom stereocenters. The van der Waals surface area contributed by atoms with Crippen LogP contribution in [0.25, 0.3) is 0 Å². The van der Waals surface area contributed by atoms with Gasteiger partial charge in [0.1, 0.15) is 6.07 Å². The number of unbranched alkanes of at least 4 members (excludes halogenated alkanes) is 4. The molecule has 2 aromatic rings. The van der Waals surface area contributed by atoms with Crippen molar-refractivity contribution in [3.8, 4) is 17.6 Å². The van der Waals surface area contributed by atoms with Gasteiger partial charge in [0, 0.05) is 6.42 Å². The second-order valence-corrected chi connectivity index (χ2v) is 6.84. The fourth-order valence-corrected chi connectivity index (χ4v) is 2.95. The number of aromatic nitrogens is 1. The summed E-state index contributed by atoms with van der Waals surface area (Å²) in [5.74, 6) is 1.11. The van der Waals surface area contributed by atoms with Crippen LogP contribution in [0.3, 0.4) is 0 Å². The zero-order chi connectivity index (χ0) is 19.6. The van der Waals surface area contributed by atoms with Gasteiger partial charge in [-0.05, 0) is 40.0 Å². The molecule has 1 aromatic carbocycles. The van der Waals surface area contributed by atoms with Crippen molar-refractivity contribution in [1.29, 1.82) is 5.26 Å². The van der Waals surface area contributed by atoms with Crippen molar-refractivity contribution in [2.45, 2.75) is 45.4 Å². The lowest BCUT2D eigenvalue weighted by Crippen LogP contribution is -1.93. The van der Waals surface area contributed by atoms with E-state index in [4.69, 9.17) is 9.15 Å². The molecule has 2 rings (SSSR count). The van der Waals surface area contributed by atoms with Crippen LogP contribution >= 0.6 is 15.9 Å². The first-order valence-corrected chi connectivity index (χ1v) is 9.63. The Balaban J connectivity index is 2.00. The molecule has 0 bridgehead atoms. The van der Waals surface area contributed by atoms with Crippen molar-refractivity contribution in [1.82, 2.24) is 4.98 Å². The van der Waals surface area contributed by atoms with Gasteiger partial charge in [0.2, 0.25) is 5.69 Å². The molecule has 144 valence electrons. The molecule has 0 saturated heterocycles. The van der Waals surface area contributed by atoms with E-state index in [-0.39, 0.29) is 17.3 Å². The van der Waals surface area contributed by atoms with Crippen molar-refractivity contribution < 1.29 is 14.3 Å². The third-order valence-corrected chi connectivity index (χ3v) is 4.53. The molecule has 1 aromatic heterocycles. The Hall–Kier alpha value is -2.53. The van der Waals surface area contributed by atoms with E-state index in [0.717, 1.165) is 12.8 Å². The molecule has 0 atom stereocenters. The van der Waals surface area contributed by atoms with Crippen molar-refractivity contribution in [2.24, 2.45) is 5.10 Å². The minimum Gasteiger partial charge on any atom is -0.503 e. The fraction of sp³-hybridized carbons (Fsp3) is 0.421. The molecule has 0 aliphatic heterocycles. The number of benzene rings is 1. The summed E-state index contributed by atoms with van der Waals surface area (Å²) in [5.41, 5.74) is 3.59. The first-order chi connectivity index (χ1) is 13.1. The van der Waals surface area contributed by atoms with Crippen LogP contribution in [0.15, 0.2) is 26.1 Å². The number of nitriles is 1. The summed E-state index contributed by atoms with van der Waals surface area (Å²) < 4.78 is 11.2. The Bertz CT molecular complexity index is 827. The Morgan fingerprint density at radius 2 is 2.15 bits per heavy atom. The number of oxazole rings is 1. The number of rotatable bonds is 10. The normalized spacial score (nSPS) is 10.9. The number of phenolic OH excluding ortho intramolecular Hbond substituents is 1. The molecule has 0 radical (unpaired) electrons. The van der Waals surface area contributed by atoms with E-state index >= 15 is 0 Å². The SMILES string of the molecule is CCCCCCCc1nc(C#N)c(N/N=C/c2cc(Br)c(O)c(OC)c2)o1. The molecular weight excluding hydrogens is 412 g/mol. The van der Waals surface area contributed by atoms with E-state index in [1.165, 1.54) is 32.6 Å². The van der Waals surface area contributed by atoms with Gasteiger partial charge in [-0.25, -0.2) is 10.4 Å². The number of nitrogens with zero attached hydrogens (tertiary/aromatic N) is 3. The summed E-state index contributed by atoms with van der Waals surface area (Å²) in [6.07, 6.45) is 7.96. The summed E-state index contributed by atoms with van der Waals surface area (Å²) in [6, 6.07) is 5.34. The predicted octanol–water partition coefficient (Wildman–Crippen LogP) is 4.98. The van der Waals surface area contributed by atoms with Crippen LogP contribution < -0.4 is 10.2 Å². The zero-order valence-electron chi connectivity index (χ0n) is 15.5. The molecule has 0 spiro atoms. The summed E-state index contributed by atoms with van der Waals surface area (Å²) >= 11 is 3.26. The van der Waals surface area contributed by atoms with E-state index in [1.54, 1.807) is 12.1 Å². The Morgan fingerprint density at radius 1 is 1.37 bits per heavy atom. The van der Waals surface area contributed by atoms with Crippen LogP contribution in [0.5, 0.6) is 11.5 Å². The molecule has 0 amide bonds. The molecule has 0 fully saturated rings. The van der Waals surface area contributed by atoms with Crippen LogP contribution in [0.1, 0.15) is 56.2 Å². The van der Waals surface area contributed by atoms with Crippen molar-refractivity contribution in [3.63, 3.8) is 0 Å². The minimum absolute atomic E-state index is 0.0215. The van der Waals surface area contributed by atoms with Gasteiger partial charge in [-0.1, -0.05) is 32.6 Å². The molecule has 7 nitrogen and oxygen atoms in total. The Morgan fingerprint density at radius 3 is 2.85 bits per heavy atom. The van der Waals surface area contributed by atoms with E-state index in [9.17, 15) is 10.4 Å². The highest BCUT2D eigenvalue weighted by molar-refractivity contribution is 9.10. The van der Waals surface area contributed by atoms with Crippen LogP contribution in [-0.4, -0.2) is 23.4 Å². The monoisotopic (exact) mass is 434 g/mol. The lowest BCUT2D eigenvalue weighted by Gasteiger charge is -2.06. The summed E-state index contributed by atoms with van der Waals surface area (Å²) in [4.78, 5) is 4.20. The highest BCUT2D eigenvalue weighted by Crippen LogP contribution is 2.34. The van der Waals surface area contributed by atoms with E-state index in [2.05, 4.69) is 38.4 Å². The molecule has 0 aliphatic rings. The van der Waals surface area contributed by atoms with Crippen LogP contribution in [0, 0.1) is 11.3 Å². The lowest BCUT2D eigenvalue weighted by molar-refractivity contribution is 0.372. The quantitative estimate of drug-likeness (QED) is 0.310. The molecule has 2 N–H and O–H groups in total. The number of phenols is 1. The van der Waals surface area contributed by atoms with Crippen molar-refractivity contribution in [2.75, 3.05) is 12.5 Å². The number of halogens is 1. The molecule has 8 heteroatoms. The van der Waals surface area contributed by atoms with Gasteiger partial charge in [0.05, 0.1) is 17.8 Å². The van der Waals surface area contributed by atoms with Gasteiger partial charge in [0.15, 0.2) is 17.4 Å². The second kappa shape index (κ2) is 10.6. The van der Waals surface area contributed by atoms with Crippen molar-refractivity contribution >= 4 is 28.0 Å². The molecule has 0 saturated carbocycles. The highest BCUT2D eigenvalue weighted by Gasteiger charge is 2.12.